The second-order valence-electron chi connectivity index (χ2n) is 4.82. The fraction of sp³-hybridized carbons (Fsp3) is 0.909. The van der Waals surface area contributed by atoms with Crippen LogP contribution < -0.4 is 5.32 Å². The fourth-order valence-corrected chi connectivity index (χ4v) is 3.00. The lowest BCUT2D eigenvalue weighted by molar-refractivity contribution is -0.119. The van der Waals surface area contributed by atoms with Crippen LogP contribution in [0.3, 0.4) is 0 Å². The molecule has 2 nitrogen and oxygen atoms in total. The van der Waals surface area contributed by atoms with Crippen molar-refractivity contribution in [1.82, 2.24) is 5.32 Å². The van der Waals surface area contributed by atoms with Crippen molar-refractivity contribution < 1.29 is 4.79 Å². The zero-order chi connectivity index (χ0) is 9.31. The first-order chi connectivity index (χ1) is 6.24. The molecule has 2 heteroatoms. The number of nitrogens with one attached hydrogen (secondary N) is 1. The van der Waals surface area contributed by atoms with Gasteiger partial charge in [0, 0.05) is 13.0 Å². The Kier molecular flexibility index (Phi) is 2.31. The topological polar surface area (TPSA) is 29.1 Å². The highest BCUT2D eigenvalue weighted by atomic mass is 16.1. The van der Waals surface area contributed by atoms with Gasteiger partial charge in [0.15, 0.2) is 0 Å². The molecule has 1 saturated carbocycles. The molecule has 2 aliphatic rings. The Balaban J connectivity index is 2.02. The number of rotatable bonds is 1. The summed E-state index contributed by atoms with van der Waals surface area (Å²) in [6, 6.07) is 0. The lowest BCUT2D eigenvalue weighted by Crippen LogP contribution is -2.30. The molecule has 1 aliphatic heterocycles. The van der Waals surface area contributed by atoms with Gasteiger partial charge in [-0.2, -0.15) is 0 Å². The third-order valence-corrected chi connectivity index (χ3v) is 3.81. The molecule has 1 spiro atoms. The van der Waals surface area contributed by atoms with E-state index in [0.29, 0.717) is 5.41 Å². The van der Waals surface area contributed by atoms with Crippen molar-refractivity contribution in [3.8, 4) is 0 Å². The van der Waals surface area contributed by atoms with Crippen LogP contribution in [0.4, 0.5) is 0 Å². The summed E-state index contributed by atoms with van der Waals surface area (Å²) in [6.45, 7) is 3.22. The lowest BCUT2D eigenvalue weighted by Gasteiger charge is -2.36. The monoisotopic (exact) mass is 181 g/mol. The average Bonchev–Trinajstić information content (AvgIpc) is 2.47. The second kappa shape index (κ2) is 3.32. The van der Waals surface area contributed by atoms with E-state index in [1.807, 2.05) is 0 Å². The molecule has 2 atom stereocenters. The minimum atomic E-state index is 0.275. The summed E-state index contributed by atoms with van der Waals surface area (Å²) in [6.07, 6.45) is 7.34. The van der Waals surface area contributed by atoms with Crippen LogP contribution in [-0.4, -0.2) is 12.5 Å². The molecule has 1 N–H and O–H groups in total. The normalized spacial score (nSPS) is 39.5. The maximum atomic E-state index is 11.2. The number of hydrogen-bond donors (Lipinski definition) is 1. The summed E-state index contributed by atoms with van der Waals surface area (Å²) in [7, 11) is 0. The van der Waals surface area contributed by atoms with Crippen LogP contribution in [0.2, 0.25) is 0 Å². The molecule has 1 amide bonds. The summed E-state index contributed by atoms with van der Waals surface area (Å²) < 4.78 is 0. The van der Waals surface area contributed by atoms with E-state index < -0.39 is 0 Å². The van der Waals surface area contributed by atoms with Gasteiger partial charge in [0.1, 0.15) is 0 Å². The molecule has 0 unspecified atom stereocenters. The first kappa shape index (κ1) is 9.04. The van der Waals surface area contributed by atoms with E-state index in [9.17, 15) is 4.79 Å². The molecular weight excluding hydrogens is 162 g/mol. The van der Waals surface area contributed by atoms with Crippen LogP contribution in [0, 0.1) is 11.3 Å². The maximum Gasteiger partial charge on any atom is 0.220 e. The Bertz CT molecular complexity index is 214. The molecule has 1 aliphatic carbocycles. The first-order valence-electron chi connectivity index (χ1n) is 5.51. The molecule has 13 heavy (non-hydrogen) atoms. The number of carbonyl (C=O) groups excluding carboxylic acids is 1. The van der Waals surface area contributed by atoms with Crippen LogP contribution in [0.1, 0.15) is 45.4 Å². The van der Waals surface area contributed by atoms with E-state index >= 15 is 0 Å². The molecule has 0 radical (unpaired) electrons. The fourth-order valence-electron chi connectivity index (χ4n) is 3.00. The molecule has 2 fully saturated rings. The quantitative estimate of drug-likeness (QED) is 0.659. The molecule has 2 rings (SSSR count). The van der Waals surface area contributed by atoms with Gasteiger partial charge in [0.05, 0.1) is 0 Å². The predicted molar refractivity (Wildman–Crippen MR) is 52.3 cm³/mol. The lowest BCUT2D eigenvalue weighted by atomic mass is 9.68. The Labute approximate surface area is 80.1 Å². The Hall–Kier alpha value is -0.530. The third-order valence-electron chi connectivity index (χ3n) is 3.81. The van der Waals surface area contributed by atoms with Gasteiger partial charge in [-0.1, -0.05) is 26.2 Å². The van der Waals surface area contributed by atoms with E-state index in [1.54, 1.807) is 0 Å². The Morgan fingerprint density at radius 1 is 1.62 bits per heavy atom. The summed E-state index contributed by atoms with van der Waals surface area (Å²) >= 11 is 0. The highest BCUT2D eigenvalue weighted by Crippen LogP contribution is 2.44. The van der Waals surface area contributed by atoms with Gasteiger partial charge in [0.2, 0.25) is 5.91 Å². The summed E-state index contributed by atoms with van der Waals surface area (Å²) in [4.78, 5) is 11.2. The summed E-state index contributed by atoms with van der Waals surface area (Å²) in [5.74, 6) is 1.15. The van der Waals surface area contributed by atoms with Crippen LogP contribution in [0.5, 0.6) is 0 Å². The first-order valence-corrected chi connectivity index (χ1v) is 5.51. The average molecular weight is 181 g/mol. The van der Waals surface area contributed by atoms with Crippen molar-refractivity contribution in [2.45, 2.75) is 45.4 Å². The van der Waals surface area contributed by atoms with Crippen LogP contribution in [0.15, 0.2) is 0 Å². The summed E-state index contributed by atoms with van der Waals surface area (Å²) in [5, 5.41) is 2.99. The summed E-state index contributed by atoms with van der Waals surface area (Å²) in [5.41, 5.74) is 0.357. The SMILES string of the molecule is CC[C@@H]1CCC[C@]2(CNC(=O)C2)C1. The van der Waals surface area contributed by atoms with Crippen LogP contribution in [-0.2, 0) is 4.79 Å². The molecule has 0 aromatic heterocycles. The molecule has 1 saturated heterocycles. The highest BCUT2D eigenvalue weighted by Gasteiger charge is 2.41. The number of hydrogen-bond acceptors (Lipinski definition) is 1. The molecule has 0 aromatic rings. The van der Waals surface area contributed by atoms with Crippen molar-refractivity contribution in [2.24, 2.45) is 11.3 Å². The Morgan fingerprint density at radius 3 is 3.08 bits per heavy atom. The van der Waals surface area contributed by atoms with Crippen molar-refractivity contribution in [3.63, 3.8) is 0 Å². The largest absolute Gasteiger partial charge is 0.356 e. The standard InChI is InChI=1S/C11H19NO/c1-2-9-4-3-5-11(6-9)7-10(13)12-8-11/h9H,2-8H2,1H3,(H,12,13)/t9-,11+/m1/s1. The van der Waals surface area contributed by atoms with Crippen molar-refractivity contribution in [3.05, 3.63) is 0 Å². The van der Waals surface area contributed by atoms with Gasteiger partial charge in [-0.05, 0) is 24.2 Å². The van der Waals surface area contributed by atoms with Gasteiger partial charge < -0.3 is 5.32 Å². The highest BCUT2D eigenvalue weighted by molar-refractivity contribution is 5.79. The van der Waals surface area contributed by atoms with Gasteiger partial charge >= 0.3 is 0 Å². The van der Waals surface area contributed by atoms with Crippen LogP contribution in [0.25, 0.3) is 0 Å². The minimum absolute atomic E-state index is 0.275. The molecular formula is C11H19NO. The maximum absolute atomic E-state index is 11.2. The van der Waals surface area contributed by atoms with Crippen molar-refractivity contribution >= 4 is 5.91 Å². The van der Waals surface area contributed by atoms with Gasteiger partial charge in [-0.25, -0.2) is 0 Å². The van der Waals surface area contributed by atoms with E-state index in [0.717, 1.165) is 18.9 Å². The van der Waals surface area contributed by atoms with E-state index in [2.05, 4.69) is 12.2 Å². The zero-order valence-corrected chi connectivity index (χ0v) is 8.44. The Morgan fingerprint density at radius 2 is 2.46 bits per heavy atom. The number of amides is 1. The van der Waals surface area contributed by atoms with E-state index in [-0.39, 0.29) is 5.91 Å². The van der Waals surface area contributed by atoms with E-state index in [4.69, 9.17) is 0 Å². The number of carbonyl (C=O) groups is 1. The van der Waals surface area contributed by atoms with Gasteiger partial charge in [-0.3, -0.25) is 4.79 Å². The van der Waals surface area contributed by atoms with Crippen molar-refractivity contribution in [2.75, 3.05) is 6.54 Å². The van der Waals surface area contributed by atoms with E-state index in [1.165, 1.54) is 32.1 Å². The van der Waals surface area contributed by atoms with Gasteiger partial charge in [-0.15, -0.1) is 0 Å². The van der Waals surface area contributed by atoms with Crippen molar-refractivity contribution in [1.29, 1.82) is 0 Å². The van der Waals surface area contributed by atoms with Crippen LogP contribution >= 0.6 is 0 Å². The van der Waals surface area contributed by atoms with Gasteiger partial charge in [0.25, 0.3) is 0 Å². The molecule has 74 valence electrons. The smallest absolute Gasteiger partial charge is 0.220 e. The minimum Gasteiger partial charge on any atom is -0.356 e. The predicted octanol–water partition coefficient (Wildman–Crippen LogP) is 2.09. The zero-order valence-electron chi connectivity index (χ0n) is 8.44. The second-order valence-corrected chi connectivity index (χ2v) is 4.82. The molecule has 0 aromatic carbocycles. The molecule has 0 bridgehead atoms. The molecule has 1 heterocycles. The third kappa shape index (κ3) is 1.72.